The molecule has 2 aliphatic heterocycles. The van der Waals surface area contributed by atoms with Crippen molar-refractivity contribution in [2.24, 2.45) is 11.8 Å². The molecule has 0 saturated carbocycles. The van der Waals surface area contributed by atoms with Gasteiger partial charge >= 0.3 is 0 Å². The molecule has 6 heteroatoms. The van der Waals surface area contributed by atoms with Gasteiger partial charge in [0.2, 0.25) is 10.0 Å². The van der Waals surface area contributed by atoms with E-state index in [4.69, 9.17) is 0 Å². The third-order valence-electron chi connectivity index (χ3n) is 4.97. The van der Waals surface area contributed by atoms with Gasteiger partial charge in [-0.3, -0.25) is 4.98 Å². The molecule has 3 rings (SSSR count). The largest absolute Gasteiger partial charge is 0.316 e. The molecule has 0 aliphatic carbocycles. The fourth-order valence-corrected chi connectivity index (χ4v) is 5.70. The normalized spacial score (nSPS) is 28.7. The summed E-state index contributed by atoms with van der Waals surface area (Å²) in [6, 6.07) is 5.61. The number of hydrogen-bond acceptors (Lipinski definition) is 4. The third kappa shape index (κ3) is 2.72. The number of nitrogens with zero attached hydrogens (tertiary/aromatic N) is 2. The zero-order chi connectivity index (χ0) is 15.1. The van der Waals surface area contributed by atoms with Gasteiger partial charge in [0.25, 0.3) is 0 Å². The fraction of sp³-hybridized carbons (Fsp3) is 0.667. The maximum absolute atomic E-state index is 12.7. The van der Waals surface area contributed by atoms with E-state index in [1.165, 1.54) is 0 Å². The van der Waals surface area contributed by atoms with Crippen LogP contribution in [0.2, 0.25) is 0 Å². The number of hydrogen-bond donors (Lipinski definition) is 1. The first-order valence-electron chi connectivity index (χ1n) is 7.52. The van der Waals surface area contributed by atoms with Gasteiger partial charge < -0.3 is 5.32 Å². The molecule has 5 nitrogen and oxygen atoms in total. The molecule has 2 aliphatic rings. The van der Waals surface area contributed by atoms with E-state index in [0.717, 1.165) is 18.8 Å². The Hall–Kier alpha value is -0.980. The van der Waals surface area contributed by atoms with E-state index < -0.39 is 10.0 Å². The topological polar surface area (TPSA) is 62.3 Å². The molecule has 21 heavy (non-hydrogen) atoms. The molecule has 0 aromatic carbocycles. The zero-order valence-electron chi connectivity index (χ0n) is 12.6. The summed E-state index contributed by atoms with van der Waals surface area (Å²) in [5.41, 5.74) is 0.539. The average molecular weight is 309 g/mol. The second-order valence-electron chi connectivity index (χ2n) is 6.60. The molecule has 1 aromatic rings. The Bertz CT molecular complexity index is 601. The summed E-state index contributed by atoms with van der Waals surface area (Å²) in [5.74, 6) is 1.01. The molecule has 3 heterocycles. The van der Waals surface area contributed by atoms with Crippen LogP contribution in [0, 0.1) is 11.8 Å². The summed E-state index contributed by atoms with van der Waals surface area (Å²) in [6.45, 7) is 6.62. The maximum atomic E-state index is 12.7. The highest BCUT2D eigenvalue weighted by atomic mass is 32.2. The molecule has 0 amide bonds. The second kappa shape index (κ2) is 5.34. The van der Waals surface area contributed by atoms with Gasteiger partial charge in [0.05, 0.1) is 5.75 Å². The van der Waals surface area contributed by atoms with Crippen molar-refractivity contribution < 1.29 is 8.42 Å². The highest BCUT2D eigenvalue weighted by Gasteiger charge is 2.53. The van der Waals surface area contributed by atoms with Gasteiger partial charge in [-0.2, -0.15) is 4.31 Å². The maximum Gasteiger partial charge on any atom is 0.214 e. The van der Waals surface area contributed by atoms with Crippen LogP contribution >= 0.6 is 0 Å². The third-order valence-corrected chi connectivity index (χ3v) is 6.98. The first kappa shape index (κ1) is 14.9. The van der Waals surface area contributed by atoms with Gasteiger partial charge in [-0.25, -0.2) is 8.42 Å². The quantitative estimate of drug-likeness (QED) is 0.897. The molecule has 2 atom stereocenters. The van der Waals surface area contributed by atoms with Gasteiger partial charge in [0.15, 0.2) is 0 Å². The lowest BCUT2D eigenvalue weighted by atomic mass is 9.85. The van der Waals surface area contributed by atoms with E-state index in [1.54, 1.807) is 10.5 Å². The van der Waals surface area contributed by atoms with Gasteiger partial charge in [-0.15, -0.1) is 0 Å². The van der Waals surface area contributed by atoms with Crippen molar-refractivity contribution in [3.63, 3.8) is 0 Å². The van der Waals surface area contributed by atoms with Gasteiger partial charge in [0, 0.05) is 36.9 Å². The number of fused-ring (bicyclic) bond motifs is 1. The first-order valence-corrected chi connectivity index (χ1v) is 9.13. The molecule has 116 valence electrons. The van der Waals surface area contributed by atoms with Crippen LogP contribution < -0.4 is 5.32 Å². The molecule has 1 aromatic heterocycles. The van der Waals surface area contributed by atoms with Gasteiger partial charge in [0.1, 0.15) is 0 Å². The van der Waals surface area contributed by atoms with Crippen LogP contribution in [0.4, 0.5) is 0 Å². The lowest BCUT2D eigenvalue weighted by molar-refractivity contribution is 0.233. The van der Waals surface area contributed by atoms with Crippen LogP contribution in [0.25, 0.3) is 0 Å². The number of aromatic nitrogens is 1. The Morgan fingerprint density at radius 3 is 2.86 bits per heavy atom. The number of rotatable bonds is 4. The summed E-state index contributed by atoms with van der Waals surface area (Å²) in [7, 11) is -3.24. The van der Waals surface area contributed by atoms with Crippen LogP contribution in [0.15, 0.2) is 24.4 Å². The lowest BCUT2D eigenvalue weighted by Gasteiger charge is -2.34. The van der Waals surface area contributed by atoms with E-state index >= 15 is 0 Å². The predicted molar refractivity (Wildman–Crippen MR) is 82.4 cm³/mol. The molecule has 0 spiro atoms. The minimum absolute atomic E-state index is 0.139. The van der Waals surface area contributed by atoms with Crippen LogP contribution in [-0.4, -0.2) is 48.6 Å². The van der Waals surface area contributed by atoms with E-state index in [-0.39, 0.29) is 11.3 Å². The van der Waals surface area contributed by atoms with Crippen LogP contribution in [-0.2, 0) is 16.4 Å². The van der Waals surface area contributed by atoms with E-state index in [0.29, 0.717) is 24.8 Å². The van der Waals surface area contributed by atoms with E-state index in [1.807, 2.05) is 18.2 Å². The number of sulfonamides is 1. The van der Waals surface area contributed by atoms with Crippen molar-refractivity contribution in [2.75, 3.05) is 25.4 Å². The summed E-state index contributed by atoms with van der Waals surface area (Å²) in [5, 5.41) is 3.38. The monoisotopic (exact) mass is 309 g/mol. The van der Waals surface area contributed by atoms with Crippen molar-refractivity contribution in [1.29, 1.82) is 0 Å². The Kier molecular flexibility index (Phi) is 3.80. The van der Waals surface area contributed by atoms with Gasteiger partial charge in [-0.05, 0) is 44.4 Å². The highest BCUT2D eigenvalue weighted by Crippen LogP contribution is 2.42. The molecular weight excluding hydrogens is 286 g/mol. The lowest BCUT2D eigenvalue weighted by Crippen LogP contribution is -2.48. The highest BCUT2D eigenvalue weighted by molar-refractivity contribution is 7.89. The molecule has 0 radical (unpaired) electrons. The van der Waals surface area contributed by atoms with E-state index in [2.05, 4.69) is 24.1 Å². The number of aryl methyl sites for hydroxylation is 1. The van der Waals surface area contributed by atoms with Crippen molar-refractivity contribution in [3.8, 4) is 0 Å². The number of nitrogens with one attached hydrogen (secondary N) is 1. The molecule has 2 unspecified atom stereocenters. The summed E-state index contributed by atoms with van der Waals surface area (Å²) in [6.07, 6.45) is 2.18. The predicted octanol–water partition coefficient (Wildman–Crippen LogP) is 0.884. The van der Waals surface area contributed by atoms with Gasteiger partial charge in [-0.1, -0.05) is 6.07 Å². The molecule has 2 fully saturated rings. The SMILES string of the molecule is CC1(C)C2CNCC2CN1S(=O)(=O)CCc1ccccn1. The van der Waals surface area contributed by atoms with Crippen molar-refractivity contribution >= 4 is 10.0 Å². The number of pyridine rings is 1. The summed E-state index contributed by atoms with van der Waals surface area (Å²) < 4.78 is 27.2. The standard InChI is InChI=1S/C15H23N3O2S/c1-15(2)14-10-16-9-12(14)11-18(15)21(19,20)8-6-13-5-3-4-7-17-13/h3-5,7,12,14,16H,6,8-11H2,1-2H3. The Morgan fingerprint density at radius 2 is 2.19 bits per heavy atom. The zero-order valence-corrected chi connectivity index (χ0v) is 13.4. The summed E-state index contributed by atoms with van der Waals surface area (Å²) >= 11 is 0. The average Bonchev–Trinajstić information content (AvgIpc) is 3.01. The van der Waals surface area contributed by atoms with Crippen LogP contribution in [0.3, 0.4) is 0 Å². The Balaban J connectivity index is 1.73. The smallest absolute Gasteiger partial charge is 0.214 e. The van der Waals surface area contributed by atoms with Crippen LogP contribution in [0.5, 0.6) is 0 Å². The second-order valence-corrected chi connectivity index (χ2v) is 8.61. The van der Waals surface area contributed by atoms with Crippen LogP contribution in [0.1, 0.15) is 19.5 Å². The van der Waals surface area contributed by atoms with E-state index in [9.17, 15) is 8.42 Å². The molecule has 1 N–H and O–H groups in total. The first-order chi connectivity index (χ1) is 9.91. The Labute approximate surface area is 126 Å². The van der Waals surface area contributed by atoms with Crippen molar-refractivity contribution in [3.05, 3.63) is 30.1 Å². The Morgan fingerprint density at radius 1 is 1.38 bits per heavy atom. The minimum Gasteiger partial charge on any atom is -0.316 e. The molecule has 2 saturated heterocycles. The molecule has 0 bridgehead atoms. The molecular formula is C15H23N3O2S. The minimum atomic E-state index is -3.24. The summed E-state index contributed by atoms with van der Waals surface area (Å²) in [4.78, 5) is 4.21. The van der Waals surface area contributed by atoms with Crippen molar-refractivity contribution in [1.82, 2.24) is 14.6 Å². The van der Waals surface area contributed by atoms with Crippen molar-refractivity contribution in [2.45, 2.75) is 25.8 Å². The fourth-order valence-electron chi connectivity index (χ4n) is 3.75.